The van der Waals surface area contributed by atoms with Gasteiger partial charge >= 0.3 is 0 Å². The van der Waals surface area contributed by atoms with Crippen LogP contribution in [0.5, 0.6) is 10.9 Å². The summed E-state index contributed by atoms with van der Waals surface area (Å²) < 4.78 is 18.9. The molecule has 7 heteroatoms. The van der Waals surface area contributed by atoms with Crippen LogP contribution in [0.15, 0.2) is 22.7 Å². The molecule has 0 spiro atoms. The van der Waals surface area contributed by atoms with Crippen LogP contribution in [0.2, 0.25) is 5.15 Å². The Morgan fingerprint density at radius 3 is 2.82 bits per heavy atom. The molecule has 2 nitrogen and oxygen atoms in total. The van der Waals surface area contributed by atoms with E-state index in [1.54, 1.807) is 0 Å². The van der Waals surface area contributed by atoms with Gasteiger partial charge in [-0.3, -0.25) is 0 Å². The Bertz CT molecular complexity index is 549. The molecule has 0 bridgehead atoms. The highest BCUT2D eigenvalue weighted by Gasteiger charge is 2.11. The van der Waals surface area contributed by atoms with Crippen LogP contribution in [0, 0.1) is 5.82 Å². The number of nitrogens with zero attached hydrogens (tertiary/aromatic N) is 1. The summed E-state index contributed by atoms with van der Waals surface area (Å²) in [6, 6.07) is 4.12. The smallest absolute Gasteiger partial charge is 0.280 e. The first-order valence-corrected chi connectivity index (χ1v) is 6.96. The van der Waals surface area contributed by atoms with Gasteiger partial charge in [0.05, 0.1) is 15.2 Å². The molecule has 0 unspecified atom stereocenters. The van der Waals surface area contributed by atoms with Gasteiger partial charge in [0.25, 0.3) is 5.19 Å². The normalized spacial score (nSPS) is 10.6. The van der Waals surface area contributed by atoms with Gasteiger partial charge in [-0.15, -0.1) is 11.6 Å². The largest absolute Gasteiger partial charge is 0.430 e. The molecule has 1 aromatic carbocycles. The molecule has 17 heavy (non-hydrogen) atoms. The first-order valence-electron chi connectivity index (χ1n) is 4.44. The van der Waals surface area contributed by atoms with Crippen molar-refractivity contribution in [2.75, 3.05) is 0 Å². The Hall–Kier alpha value is -0.360. The van der Waals surface area contributed by atoms with Crippen molar-refractivity contribution in [3.05, 3.63) is 38.5 Å². The molecule has 1 aromatic heterocycles. The fraction of sp³-hybridized carbons (Fsp3) is 0.100. The standard InChI is InChI=1S/C10H5BrCl2FNOS/c11-6-3-5(14)1-2-7(6)16-10-15-9(13)8(4-12)17-10/h1-3H,4H2. The summed E-state index contributed by atoms with van der Waals surface area (Å²) in [7, 11) is 0. The Labute approximate surface area is 119 Å². The number of alkyl halides is 1. The molecule has 2 rings (SSSR count). The third kappa shape index (κ3) is 3.10. The molecular weight excluding hydrogens is 352 g/mol. The zero-order valence-electron chi connectivity index (χ0n) is 8.21. The van der Waals surface area contributed by atoms with Crippen molar-refractivity contribution in [2.24, 2.45) is 0 Å². The minimum atomic E-state index is -0.345. The minimum absolute atomic E-state index is 0.282. The predicted molar refractivity (Wildman–Crippen MR) is 70.9 cm³/mol. The maximum absolute atomic E-state index is 12.9. The second-order valence-corrected chi connectivity index (χ2v) is 5.53. The highest BCUT2D eigenvalue weighted by molar-refractivity contribution is 9.10. The van der Waals surface area contributed by atoms with Gasteiger partial charge in [-0.25, -0.2) is 4.39 Å². The van der Waals surface area contributed by atoms with Crippen LogP contribution in [-0.4, -0.2) is 4.98 Å². The lowest BCUT2D eigenvalue weighted by Crippen LogP contribution is -1.85. The van der Waals surface area contributed by atoms with Crippen molar-refractivity contribution in [1.82, 2.24) is 4.98 Å². The lowest BCUT2D eigenvalue weighted by molar-refractivity contribution is 0.473. The van der Waals surface area contributed by atoms with Crippen molar-refractivity contribution >= 4 is 50.5 Å². The molecular formula is C10H5BrCl2FNOS. The summed E-state index contributed by atoms with van der Waals surface area (Å²) >= 11 is 16.0. The predicted octanol–water partition coefficient (Wildman–Crippen LogP) is 5.23. The van der Waals surface area contributed by atoms with Crippen molar-refractivity contribution in [2.45, 2.75) is 5.88 Å². The molecule has 0 aliphatic heterocycles. The second kappa shape index (κ2) is 5.52. The summed E-state index contributed by atoms with van der Waals surface area (Å²) in [6.07, 6.45) is 0. The number of rotatable bonds is 3. The zero-order valence-corrected chi connectivity index (χ0v) is 12.1. The molecule has 0 saturated carbocycles. The van der Waals surface area contributed by atoms with E-state index in [9.17, 15) is 4.39 Å². The molecule has 90 valence electrons. The van der Waals surface area contributed by atoms with Gasteiger partial charge in [-0.05, 0) is 34.1 Å². The number of hydrogen-bond acceptors (Lipinski definition) is 3. The van der Waals surface area contributed by atoms with Gasteiger partial charge in [0, 0.05) is 0 Å². The van der Waals surface area contributed by atoms with Crippen LogP contribution < -0.4 is 4.74 Å². The summed E-state index contributed by atoms with van der Waals surface area (Å²) in [5, 5.41) is 0.705. The Balaban J connectivity index is 2.25. The number of halogens is 4. The first kappa shape index (κ1) is 13.1. The molecule has 1 heterocycles. The number of hydrogen-bond donors (Lipinski definition) is 0. The molecule has 0 N–H and O–H groups in total. The molecule has 0 amide bonds. The van der Waals surface area contributed by atoms with Crippen LogP contribution in [0.4, 0.5) is 4.39 Å². The molecule has 2 aromatic rings. The average molecular weight is 357 g/mol. The van der Waals surface area contributed by atoms with Crippen LogP contribution >= 0.6 is 50.5 Å². The van der Waals surface area contributed by atoms with Gasteiger partial charge in [0.2, 0.25) is 0 Å². The number of aromatic nitrogens is 1. The van der Waals surface area contributed by atoms with Crippen LogP contribution in [0.3, 0.4) is 0 Å². The van der Waals surface area contributed by atoms with E-state index in [1.807, 2.05) is 0 Å². The van der Waals surface area contributed by atoms with Crippen LogP contribution in [0.25, 0.3) is 0 Å². The molecule has 0 aliphatic rings. The van der Waals surface area contributed by atoms with E-state index in [0.717, 1.165) is 4.88 Å². The topological polar surface area (TPSA) is 22.1 Å². The van der Waals surface area contributed by atoms with E-state index in [1.165, 1.54) is 29.5 Å². The maximum atomic E-state index is 12.9. The molecule has 0 saturated heterocycles. The Morgan fingerprint density at radius 2 is 2.24 bits per heavy atom. The quantitative estimate of drug-likeness (QED) is 0.702. The highest BCUT2D eigenvalue weighted by atomic mass is 79.9. The molecule has 0 radical (unpaired) electrons. The van der Waals surface area contributed by atoms with Gasteiger partial charge in [0.15, 0.2) is 0 Å². The van der Waals surface area contributed by atoms with E-state index in [4.69, 9.17) is 27.9 Å². The number of benzene rings is 1. The van der Waals surface area contributed by atoms with Crippen molar-refractivity contribution in [1.29, 1.82) is 0 Å². The summed E-state index contributed by atoms with van der Waals surface area (Å²) in [4.78, 5) is 4.74. The second-order valence-electron chi connectivity index (χ2n) is 3.00. The van der Waals surface area contributed by atoms with E-state index < -0.39 is 0 Å². The zero-order chi connectivity index (χ0) is 12.4. The van der Waals surface area contributed by atoms with Crippen molar-refractivity contribution < 1.29 is 9.13 Å². The summed E-state index contributed by atoms with van der Waals surface area (Å²) in [6.45, 7) is 0. The average Bonchev–Trinajstić information content (AvgIpc) is 2.63. The van der Waals surface area contributed by atoms with Gasteiger partial charge in [-0.2, -0.15) is 4.98 Å². The van der Waals surface area contributed by atoms with E-state index in [2.05, 4.69) is 20.9 Å². The van der Waals surface area contributed by atoms with Gasteiger partial charge in [0.1, 0.15) is 16.7 Å². The number of ether oxygens (including phenoxy) is 1. The maximum Gasteiger partial charge on any atom is 0.280 e. The monoisotopic (exact) mass is 355 g/mol. The van der Waals surface area contributed by atoms with Crippen molar-refractivity contribution in [3.8, 4) is 10.9 Å². The highest BCUT2D eigenvalue weighted by Crippen LogP contribution is 2.35. The fourth-order valence-corrected chi connectivity index (χ4v) is 2.85. The van der Waals surface area contributed by atoms with E-state index in [-0.39, 0.29) is 11.7 Å². The molecule has 0 atom stereocenters. The molecule has 0 fully saturated rings. The summed E-state index contributed by atoms with van der Waals surface area (Å²) in [5.41, 5.74) is 0. The van der Waals surface area contributed by atoms with Gasteiger partial charge < -0.3 is 4.74 Å². The fourth-order valence-electron chi connectivity index (χ4n) is 1.09. The Kier molecular flexibility index (Phi) is 4.25. The lowest BCUT2D eigenvalue weighted by atomic mass is 10.3. The van der Waals surface area contributed by atoms with Crippen LogP contribution in [0.1, 0.15) is 4.88 Å². The Morgan fingerprint density at radius 1 is 1.47 bits per heavy atom. The minimum Gasteiger partial charge on any atom is -0.430 e. The third-order valence-electron chi connectivity index (χ3n) is 1.84. The number of thiazole rings is 1. The third-order valence-corrected chi connectivity index (χ3v) is 4.25. The van der Waals surface area contributed by atoms with Crippen molar-refractivity contribution in [3.63, 3.8) is 0 Å². The SMILES string of the molecule is Fc1ccc(Oc2nc(Cl)c(CCl)s2)c(Br)c1. The summed E-state index contributed by atoms with van der Waals surface area (Å²) in [5.74, 6) is 0.408. The van der Waals surface area contributed by atoms with E-state index >= 15 is 0 Å². The first-order chi connectivity index (χ1) is 8.10. The van der Waals surface area contributed by atoms with Crippen LogP contribution in [-0.2, 0) is 5.88 Å². The lowest BCUT2D eigenvalue weighted by Gasteiger charge is -2.03. The molecule has 0 aliphatic carbocycles. The van der Waals surface area contributed by atoms with E-state index in [0.29, 0.717) is 20.6 Å². The van der Waals surface area contributed by atoms with Gasteiger partial charge in [-0.1, -0.05) is 22.9 Å².